The number of methoxy groups -OCH3 is 1. The maximum atomic E-state index is 5.81. The Labute approximate surface area is 102 Å². The highest BCUT2D eigenvalue weighted by molar-refractivity contribution is 5.88. The third-order valence-electron chi connectivity index (χ3n) is 3.17. The highest BCUT2D eigenvalue weighted by Gasteiger charge is 2.15. The second-order valence-corrected chi connectivity index (χ2v) is 4.09. The summed E-state index contributed by atoms with van der Waals surface area (Å²) in [5, 5.41) is 1.14. The van der Waals surface area contributed by atoms with Crippen LogP contribution in [-0.4, -0.2) is 7.11 Å². The minimum atomic E-state index is 0.433. The number of aryl methyl sites for hydroxylation is 2. The lowest BCUT2D eigenvalue weighted by atomic mass is 10.0. The zero-order valence-electron chi connectivity index (χ0n) is 10.7. The molecule has 92 valence electrons. The van der Waals surface area contributed by atoms with Gasteiger partial charge in [0.2, 0.25) is 0 Å². The molecule has 0 saturated heterocycles. The second kappa shape index (κ2) is 4.80. The van der Waals surface area contributed by atoms with Gasteiger partial charge in [-0.1, -0.05) is 13.8 Å². The van der Waals surface area contributed by atoms with E-state index in [0.717, 1.165) is 35.3 Å². The van der Waals surface area contributed by atoms with Crippen molar-refractivity contribution >= 4 is 11.0 Å². The van der Waals surface area contributed by atoms with Crippen molar-refractivity contribution in [1.29, 1.82) is 0 Å². The molecule has 0 aliphatic carbocycles. The number of ether oxygens (including phenoxy) is 1. The van der Waals surface area contributed by atoms with E-state index in [-0.39, 0.29) is 0 Å². The summed E-state index contributed by atoms with van der Waals surface area (Å²) >= 11 is 0. The fraction of sp³-hybridized carbons (Fsp3) is 0.429. The van der Waals surface area contributed by atoms with E-state index in [1.54, 1.807) is 7.11 Å². The molecule has 17 heavy (non-hydrogen) atoms. The van der Waals surface area contributed by atoms with Crippen LogP contribution in [0, 0.1) is 0 Å². The van der Waals surface area contributed by atoms with Crippen LogP contribution < -0.4 is 10.5 Å². The molecule has 0 unspecified atom stereocenters. The molecule has 1 heterocycles. The molecule has 1 aromatic carbocycles. The normalized spacial score (nSPS) is 11.1. The minimum Gasteiger partial charge on any atom is -0.493 e. The van der Waals surface area contributed by atoms with Gasteiger partial charge in [-0.3, -0.25) is 0 Å². The van der Waals surface area contributed by atoms with Gasteiger partial charge in [-0.25, -0.2) is 0 Å². The highest BCUT2D eigenvalue weighted by Crippen LogP contribution is 2.34. The molecule has 0 fully saturated rings. The lowest BCUT2D eigenvalue weighted by Gasteiger charge is -2.04. The van der Waals surface area contributed by atoms with E-state index in [9.17, 15) is 0 Å². The Kier molecular flexibility index (Phi) is 3.38. The van der Waals surface area contributed by atoms with Crippen molar-refractivity contribution in [2.45, 2.75) is 33.2 Å². The molecule has 0 amide bonds. The van der Waals surface area contributed by atoms with Crippen LogP contribution in [0.25, 0.3) is 11.0 Å². The number of nitrogens with two attached hydrogens (primary N) is 1. The van der Waals surface area contributed by atoms with Gasteiger partial charge in [-0.15, -0.1) is 0 Å². The van der Waals surface area contributed by atoms with Crippen LogP contribution in [0.2, 0.25) is 0 Å². The van der Waals surface area contributed by atoms with E-state index in [2.05, 4.69) is 19.9 Å². The number of furan rings is 1. The van der Waals surface area contributed by atoms with Crippen molar-refractivity contribution in [3.8, 4) is 5.75 Å². The number of fused-ring (bicyclic) bond motifs is 1. The lowest BCUT2D eigenvalue weighted by Crippen LogP contribution is -1.97. The minimum absolute atomic E-state index is 0.433. The van der Waals surface area contributed by atoms with E-state index in [4.69, 9.17) is 14.9 Å². The molecule has 3 heteroatoms. The maximum absolute atomic E-state index is 5.81. The molecular weight excluding hydrogens is 214 g/mol. The van der Waals surface area contributed by atoms with Crippen LogP contribution in [0.15, 0.2) is 16.5 Å². The molecule has 0 bridgehead atoms. The van der Waals surface area contributed by atoms with E-state index < -0.39 is 0 Å². The summed E-state index contributed by atoms with van der Waals surface area (Å²) in [5.41, 5.74) is 9.00. The van der Waals surface area contributed by atoms with Crippen molar-refractivity contribution in [2.75, 3.05) is 7.11 Å². The number of benzene rings is 1. The Bertz CT molecular complexity index is 528. The monoisotopic (exact) mass is 233 g/mol. The van der Waals surface area contributed by atoms with Crippen LogP contribution >= 0.6 is 0 Å². The first kappa shape index (κ1) is 12.0. The molecule has 0 radical (unpaired) electrons. The van der Waals surface area contributed by atoms with E-state index >= 15 is 0 Å². The SMILES string of the molecule is CCc1cc(OC)c2oc(CN)c(CC)c2c1. The molecule has 0 aliphatic rings. The van der Waals surface area contributed by atoms with E-state index in [1.165, 1.54) is 11.1 Å². The first-order valence-electron chi connectivity index (χ1n) is 6.06. The van der Waals surface area contributed by atoms with Crippen molar-refractivity contribution in [3.63, 3.8) is 0 Å². The average molecular weight is 233 g/mol. The third kappa shape index (κ3) is 1.91. The Hall–Kier alpha value is -1.48. The van der Waals surface area contributed by atoms with Crippen molar-refractivity contribution in [1.82, 2.24) is 0 Å². The van der Waals surface area contributed by atoms with Crippen LogP contribution in [0.4, 0.5) is 0 Å². The van der Waals surface area contributed by atoms with E-state index in [0.29, 0.717) is 6.54 Å². The van der Waals surface area contributed by atoms with Gasteiger partial charge in [0, 0.05) is 10.9 Å². The zero-order chi connectivity index (χ0) is 12.4. The number of rotatable bonds is 4. The Balaban J connectivity index is 2.77. The average Bonchev–Trinajstić information content (AvgIpc) is 2.74. The first-order chi connectivity index (χ1) is 8.24. The third-order valence-corrected chi connectivity index (χ3v) is 3.17. The molecular formula is C14H19NO2. The fourth-order valence-corrected chi connectivity index (χ4v) is 2.23. The lowest BCUT2D eigenvalue weighted by molar-refractivity contribution is 0.407. The van der Waals surface area contributed by atoms with Gasteiger partial charge in [-0.05, 0) is 30.5 Å². The molecule has 0 spiro atoms. The Morgan fingerprint density at radius 2 is 2.00 bits per heavy atom. The van der Waals surface area contributed by atoms with Gasteiger partial charge in [0.15, 0.2) is 11.3 Å². The fourth-order valence-electron chi connectivity index (χ4n) is 2.23. The van der Waals surface area contributed by atoms with Crippen LogP contribution in [-0.2, 0) is 19.4 Å². The predicted octanol–water partition coefficient (Wildman–Crippen LogP) is 3.02. The molecule has 0 atom stereocenters. The summed E-state index contributed by atoms with van der Waals surface area (Å²) in [6.07, 6.45) is 1.91. The summed E-state index contributed by atoms with van der Waals surface area (Å²) in [5.74, 6) is 1.67. The van der Waals surface area contributed by atoms with Crippen LogP contribution in [0.5, 0.6) is 5.75 Å². The van der Waals surface area contributed by atoms with Gasteiger partial charge in [0.25, 0.3) is 0 Å². The summed E-state index contributed by atoms with van der Waals surface area (Å²) in [6, 6.07) is 4.21. The van der Waals surface area contributed by atoms with Crippen LogP contribution in [0.1, 0.15) is 30.7 Å². The predicted molar refractivity (Wildman–Crippen MR) is 69.4 cm³/mol. The summed E-state index contributed by atoms with van der Waals surface area (Å²) in [4.78, 5) is 0. The maximum Gasteiger partial charge on any atom is 0.176 e. The van der Waals surface area contributed by atoms with Crippen molar-refractivity contribution in [2.24, 2.45) is 5.73 Å². The summed E-state index contributed by atoms with van der Waals surface area (Å²) in [6.45, 7) is 4.69. The summed E-state index contributed by atoms with van der Waals surface area (Å²) < 4.78 is 11.2. The number of hydrogen-bond donors (Lipinski definition) is 1. The largest absolute Gasteiger partial charge is 0.493 e. The molecule has 2 N–H and O–H groups in total. The van der Waals surface area contributed by atoms with Gasteiger partial charge in [-0.2, -0.15) is 0 Å². The Morgan fingerprint density at radius 1 is 1.24 bits per heavy atom. The topological polar surface area (TPSA) is 48.4 Å². The molecule has 1 aromatic heterocycles. The quantitative estimate of drug-likeness (QED) is 0.883. The summed E-state index contributed by atoms with van der Waals surface area (Å²) in [7, 11) is 1.67. The smallest absolute Gasteiger partial charge is 0.176 e. The Morgan fingerprint density at radius 3 is 2.53 bits per heavy atom. The van der Waals surface area contributed by atoms with Crippen molar-refractivity contribution in [3.05, 3.63) is 29.0 Å². The molecule has 2 aromatic rings. The first-order valence-corrected chi connectivity index (χ1v) is 6.06. The molecule has 2 rings (SSSR count). The van der Waals surface area contributed by atoms with Gasteiger partial charge in [0.05, 0.1) is 13.7 Å². The number of hydrogen-bond acceptors (Lipinski definition) is 3. The van der Waals surface area contributed by atoms with E-state index in [1.807, 2.05) is 6.07 Å². The zero-order valence-corrected chi connectivity index (χ0v) is 10.7. The van der Waals surface area contributed by atoms with Crippen LogP contribution in [0.3, 0.4) is 0 Å². The molecule has 0 aliphatic heterocycles. The molecule has 3 nitrogen and oxygen atoms in total. The van der Waals surface area contributed by atoms with Gasteiger partial charge >= 0.3 is 0 Å². The second-order valence-electron chi connectivity index (χ2n) is 4.09. The standard InChI is InChI=1S/C14H19NO2/c1-4-9-6-11-10(5-2)13(8-15)17-14(11)12(7-9)16-3/h6-7H,4-5,8,15H2,1-3H3. The van der Waals surface area contributed by atoms with Gasteiger partial charge < -0.3 is 14.9 Å². The van der Waals surface area contributed by atoms with Gasteiger partial charge in [0.1, 0.15) is 5.76 Å². The molecule has 0 saturated carbocycles. The highest BCUT2D eigenvalue weighted by atomic mass is 16.5. The van der Waals surface area contributed by atoms with Crippen molar-refractivity contribution < 1.29 is 9.15 Å².